The minimum Gasteiger partial charge on any atom is -0.464 e. The number of hydrogen-bond donors (Lipinski definition) is 2. The van der Waals surface area contributed by atoms with Gasteiger partial charge in [-0.3, -0.25) is 14.4 Å². The van der Waals surface area contributed by atoms with Crippen LogP contribution in [0.4, 0.5) is 0 Å². The minimum atomic E-state index is -0.983. The van der Waals surface area contributed by atoms with Crippen LogP contribution in [0.3, 0.4) is 0 Å². The number of amides is 3. The topological polar surface area (TPSA) is 119 Å². The molecule has 1 aliphatic rings. The second kappa shape index (κ2) is 9.12. The predicted molar refractivity (Wildman–Crippen MR) is 82.0 cm³/mol. The molecule has 0 aliphatic carbocycles. The third-order valence-electron chi connectivity index (χ3n) is 3.74. The number of esters is 1. The molecule has 0 spiro atoms. The molecule has 1 saturated heterocycles. The number of rotatable bonds is 8. The van der Waals surface area contributed by atoms with E-state index in [-0.39, 0.29) is 37.7 Å². The van der Waals surface area contributed by atoms with Crippen LogP contribution in [0.25, 0.3) is 0 Å². The Labute approximate surface area is 135 Å². The van der Waals surface area contributed by atoms with Gasteiger partial charge in [-0.1, -0.05) is 6.92 Å². The number of carbonyl (C=O) groups excluding carboxylic acids is 4. The lowest BCUT2D eigenvalue weighted by molar-refractivity contribution is -0.159. The summed E-state index contributed by atoms with van der Waals surface area (Å²) in [6.45, 7) is 4.01. The van der Waals surface area contributed by atoms with Crippen molar-refractivity contribution in [1.82, 2.24) is 10.2 Å². The fraction of sp³-hybridized carbons (Fsp3) is 0.733. The normalized spacial score (nSPS) is 18.7. The highest BCUT2D eigenvalue weighted by Crippen LogP contribution is 2.20. The predicted octanol–water partition coefficient (Wildman–Crippen LogP) is -0.299. The molecule has 3 N–H and O–H groups in total. The van der Waals surface area contributed by atoms with Crippen LogP contribution in [0.15, 0.2) is 0 Å². The first kappa shape index (κ1) is 18.9. The van der Waals surface area contributed by atoms with Gasteiger partial charge in [0, 0.05) is 19.4 Å². The summed E-state index contributed by atoms with van der Waals surface area (Å²) >= 11 is 0. The summed E-state index contributed by atoms with van der Waals surface area (Å²) < 4.78 is 5.02. The van der Waals surface area contributed by atoms with Crippen molar-refractivity contribution in [1.29, 1.82) is 0 Å². The van der Waals surface area contributed by atoms with Gasteiger partial charge in [0.25, 0.3) is 0 Å². The van der Waals surface area contributed by atoms with Crippen LogP contribution in [0.1, 0.15) is 46.0 Å². The zero-order valence-electron chi connectivity index (χ0n) is 13.7. The van der Waals surface area contributed by atoms with E-state index in [1.165, 1.54) is 4.90 Å². The van der Waals surface area contributed by atoms with E-state index in [9.17, 15) is 19.2 Å². The Balaban J connectivity index is 3.08. The molecule has 130 valence electrons. The van der Waals surface area contributed by atoms with E-state index >= 15 is 0 Å². The molecule has 1 unspecified atom stereocenters. The van der Waals surface area contributed by atoms with Crippen LogP contribution >= 0.6 is 0 Å². The Hall–Kier alpha value is -2.12. The largest absolute Gasteiger partial charge is 0.464 e. The van der Waals surface area contributed by atoms with Gasteiger partial charge in [-0.05, 0) is 26.2 Å². The molecule has 0 saturated carbocycles. The molecule has 0 aromatic carbocycles. The van der Waals surface area contributed by atoms with E-state index in [2.05, 4.69) is 5.32 Å². The van der Waals surface area contributed by atoms with Crippen molar-refractivity contribution in [3.63, 3.8) is 0 Å². The average Bonchev–Trinajstić information content (AvgIpc) is 2.51. The van der Waals surface area contributed by atoms with Crippen molar-refractivity contribution in [2.75, 3.05) is 13.2 Å². The number of nitrogens with two attached hydrogens (primary N) is 1. The summed E-state index contributed by atoms with van der Waals surface area (Å²) in [6, 6.07) is -1.71. The van der Waals surface area contributed by atoms with Crippen LogP contribution in [-0.2, 0) is 23.9 Å². The first-order valence-corrected chi connectivity index (χ1v) is 7.96. The number of nitrogens with one attached hydrogen (secondary N) is 1. The average molecular weight is 327 g/mol. The molecule has 3 amide bonds. The van der Waals surface area contributed by atoms with Gasteiger partial charge < -0.3 is 20.7 Å². The van der Waals surface area contributed by atoms with E-state index in [0.717, 1.165) is 6.42 Å². The molecule has 8 heteroatoms. The van der Waals surface area contributed by atoms with Gasteiger partial charge in [0.2, 0.25) is 17.7 Å². The lowest BCUT2D eigenvalue weighted by atomic mass is 9.99. The maximum atomic E-state index is 12.4. The van der Waals surface area contributed by atoms with Gasteiger partial charge in [-0.2, -0.15) is 0 Å². The molecule has 0 radical (unpaired) electrons. The van der Waals surface area contributed by atoms with E-state index in [0.29, 0.717) is 13.0 Å². The Kier molecular flexibility index (Phi) is 7.50. The van der Waals surface area contributed by atoms with Crippen molar-refractivity contribution < 1.29 is 23.9 Å². The molecule has 8 nitrogen and oxygen atoms in total. The zero-order chi connectivity index (χ0) is 17.4. The first-order valence-electron chi connectivity index (χ1n) is 7.96. The third-order valence-corrected chi connectivity index (χ3v) is 3.74. The van der Waals surface area contributed by atoms with E-state index in [4.69, 9.17) is 10.5 Å². The van der Waals surface area contributed by atoms with Gasteiger partial charge >= 0.3 is 5.97 Å². The Morgan fingerprint density at radius 1 is 1.39 bits per heavy atom. The van der Waals surface area contributed by atoms with Crippen LogP contribution < -0.4 is 11.1 Å². The van der Waals surface area contributed by atoms with Gasteiger partial charge in [0.05, 0.1) is 6.61 Å². The number of ether oxygens (including phenoxy) is 1. The van der Waals surface area contributed by atoms with Crippen LogP contribution in [-0.4, -0.2) is 53.8 Å². The van der Waals surface area contributed by atoms with Crippen molar-refractivity contribution in [3.05, 3.63) is 0 Å². The number of primary amides is 1. The number of hydrogen-bond acceptors (Lipinski definition) is 5. The fourth-order valence-electron chi connectivity index (χ4n) is 2.66. The molecule has 1 rings (SSSR count). The smallest absolute Gasteiger partial charge is 0.328 e. The zero-order valence-corrected chi connectivity index (χ0v) is 13.7. The summed E-state index contributed by atoms with van der Waals surface area (Å²) in [7, 11) is 0. The van der Waals surface area contributed by atoms with E-state index < -0.39 is 24.0 Å². The van der Waals surface area contributed by atoms with Gasteiger partial charge in [-0.15, -0.1) is 0 Å². The molecular formula is C15H25N3O5. The third kappa shape index (κ3) is 5.22. The first-order chi connectivity index (χ1) is 10.9. The summed E-state index contributed by atoms with van der Waals surface area (Å²) in [6.07, 6.45) is 1.32. The Morgan fingerprint density at radius 2 is 2.09 bits per heavy atom. The maximum absolute atomic E-state index is 12.4. The summed E-state index contributed by atoms with van der Waals surface area (Å²) in [5, 5.41) is 2.71. The molecule has 1 aliphatic heterocycles. The quantitative estimate of drug-likeness (QED) is 0.593. The maximum Gasteiger partial charge on any atom is 0.328 e. The molecule has 1 heterocycles. The van der Waals surface area contributed by atoms with Crippen LogP contribution in [0, 0.1) is 0 Å². The standard InChI is InChI=1S/C15H25N3O5/c1-3-13(20)18(10-6-5-9-17-14(10)21)11(7-8-12(16)19)15(22)23-4-2/h10-11H,3-9H2,1-2H3,(H2,16,19)(H,17,21)/t10?,11-/m0/s1. The highest BCUT2D eigenvalue weighted by atomic mass is 16.5. The van der Waals surface area contributed by atoms with Crippen LogP contribution in [0.5, 0.6) is 0 Å². The summed E-state index contributed by atoms with van der Waals surface area (Å²) in [5.41, 5.74) is 5.16. The molecular weight excluding hydrogens is 302 g/mol. The van der Waals surface area contributed by atoms with Crippen LogP contribution in [0.2, 0.25) is 0 Å². The van der Waals surface area contributed by atoms with Gasteiger partial charge in [-0.25, -0.2) is 4.79 Å². The summed E-state index contributed by atoms with van der Waals surface area (Å²) in [4.78, 5) is 49.1. The minimum absolute atomic E-state index is 0.0453. The van der Waals surface area contributed by atoms with Gasteiger partial charge in [0.15, 0.2) is 0 Å². The second-order valence-electron chi connectivity index (χ2n) is 5.38. The SMILES string of the molecule is CCOC(=O)[C@H](CCC(N)=O)N(C(=O)CC)C1CCCNC1=O. The summed E-state index contributed by atoms with van der Waals surface area (Å²) in [5.74, 6) is -1.80. The van der Waals surface area contributed by atoms with Gasteiger partial charge in [0.1, 0.15) is 12.1 Å². The van der Waals surface area contributed by atoms with E-state index in [1.54, 1.807) is 13.8 Å². The van der Waals surface area contributed by atoms with Crippen molar-refractivity contribution in [3.8, 4) is 0 Å². The van der Waals surface area contributed by atoms with Crippen molar-refractivity contribution >= 4 is 23.7 Å². The van der Waals surface area contributed by atoms with Crippen molar-refractivity contribution in [2.45, 2.75) is 58.0 Å². The van der Waals surface area contributed by atoms with E-state index in [1.807, 2.05) is 0 Å². The molecule has 0 aromatic rings. The molecule has 23 heavy (non-hydrogen) atoms. The monoisotopic (exact) mass is 327 g/mol. The second-order valence-corrected chi connectivity index (χ2v) is 5.38. The fourth-order valence-corrected chi connectivity index (χ4v) is 2.66. The molecule has 2 atom stereocenters. The molecule has 0 aromatic heterocycles. The number of nitrogens with zero attached hydrogens (tertiary/aromatic N) is 1. The molecule has 0 bridgehead atoms. The Morgan fingerprint density at radius 3 is 2.61 bits per heavy atom. The highest BCUT2D eigenvalue weighted by Gasteiger charge is 2.39. The Bertz CT molecular complexity index is 466. The molecule has 1 fully saturated rings. The lowest BCUT2D eigenvalue weighted by Crippen LogP contribution is -2.58. The number of piperidine rings is 1. The highest BCUT2D eigenvalue weighted by molar-refractivity contribution is 5.91. The lowest BCUT2D eigenvalue weighted by Gasteiger charge is -2.37. The van der Waals surface area contributed by atoms with Crippen molar-refractivity contribution in [2.24, 2.45) is 5.73 Å². The number of carbonyl (C=O) groups is 4.